The maximum absolute atomic E-state index is 12.7. The van der Waals surface area contributed by atoms with Crippen molar-refractivity contribution in [3.8, 4) is 0 Å². The van der Waals surface area contributed by atoms with Crippen LogP contribution in [0.1, 0.15) is 53.5 Å². The van der Waals surface area contributed by atoms with Gasteiger partial charge in [-0.2, -0.15) is 0 Å². The molecule has 172 valence electrons. The van der Waals surface area contributed by atoms with E-state index in [-0.39, 0.29) is 29.5 Å². The molecule has 0 spiro atoms. The van der Waals surface area contributed by atoms with E-state index in [1.54, 1.807) is 20.8 Å². The molecule has 0 aromatic heterocycles. The zero-order valence-electron chi connectivity index (χ0n) is 19.6. The molecule has 0 saturated heterocycles. The van der Waals surface area contributed by atoms with E-state index in [1.807, 2.05) is 33.9 Å². The van der Waals surface area contributed by atoms with Crippen molar-refractivity contribution in [1.82, 2.24) is 0 Å². The third kappa shape index (κ3) is 8.91. The van der Waals surface area contributed by atoms with Crippen LogP contribution in [0, 0.1) is 10.1 Å². The number of benzene rings is 1. The summed E-state index contributed by atoms with van der Waals surface area (Å²) in [4.78, 5) is 35.1. The third-order valence-electron chi connectivity index (χ3n) is 4.76. The Morgan fingerprint density at radius 1 is 1.06 bits per heavy atom. The molecule has 9 heteroatoms. The van der Waals surface area contributed by atoms with Crippen LogP contribution < -0.4 is 0 Å². The largest absolute Gasteiger partial charge is 0.539 e. The van der Waals surface area contributed by atoms with Crippen LogP contribution in [0.4, 0.5) is 5.69 Å². The Balaban J connectivity index is 2.97. The molecular formula is C22H33NO7Si. The molecule has 0 fully saturated rings. The maximum Gasteiger partial charge on any atom is 0.372 e. The number of non-ortho nitro benzene ring substituents is 1. The van der Waals surface area contributed by atoms with Crippen molar-refractivity contribution in [2.45, 2.75) is 78.3 Å². The normalized spacial score (nSPS) is 12.8. The zero-order chi connectivity index (χ0) is 24.0. The molecule has 0 amide bonds. The van der Waals surface area contributed by atoms with Crippen LogP contribution in [-0.4, -0.2) is 30.8 Å². The van der Waals surface area contributed by atoms with Crippen molar-refractivity contribution < 1.29 is 28.4 Å². The first kappa shape index (κ1) is 26.4. The minimum Gasteiger partial charge on any atom is -0.539 e. The number of rotatable bonds is 8. The van der Waals surface area contributed by atoms with Crippen molar-refractivity contribution in [3.05, 3.63) is 51.8 Å². The van der Waals surface area contributed by atoms with Crippen molar-refractivity contribution in [2.24, 2.45) is 0 Å². The Bertz CT molecular complexity index is 831. The number of carbonyl (C=O) groups is 2. The molecule has 1 aromatic rings. The van der Waals surface area contributed by atoms with E-state index in [4.69, 9.17) is 13.9 Å². The topological polar surface area (TPSA) is 105 Å². The van der Waals surface area contributed by atoms with Gasteiger partial charge in [0.1, 0.15) is 12.2 Å². The first-order chi connectivity index (χ1) is 14.0. The first-order valence-corrected chi connectivity index (χ1v) is 12.9. The van der Waals surface area contributed by atoms with E-state index in [0.717, 1.165) is 0 Å². The van der Waals surface area contributed by atoms with Gasteiger partial charge in [0.15, 0.2) is 5.76 Å². The Hall–Kier alpha value is -2.68. The van der Waals surface area contributed by atoms with E-state index < -0.39 is 30.8 Å². The highest BCUT2D eigenvalue weighted by Gasteiger charge is 2.40. The van der Waals surface area contributed by atoms with Crippen LogP contribution in [0.25, 0.3) is 0 Å². The van der Waals surface area contributed by atoms with Gasteiger partial charge < -0.3 is 13.9 Å². The fraction of sp³-hybridized carbons (Fsp3) is 0.545. The smallest absolute Gasteiger partial charge is 0.372 e. The highest BCUT2D eigenvalue weighted by Crippen LogP contribution is 2.38. The quantitative estimate of drug-likeness (QED) is 0.132. The van der Waals surface area contributed by atoms with E-state index in [2.05, 4.69) is 0 Å². The lowest BCUT2D eigenvalue weighted by Gasteiger charge is -2.36. The number of hydrogen-bond acceptors (Lipinski definition) is 7. The number of nitro groups is 1. The number of carbonyl (C=O) groups excluding carboxylic acids is 2. The Morgan fingerprint density at radius 2 is 1.61 bits per heavy atom. The number of esters is 2. The van der Waals surface area contributed by atoms with Gasteiger partial charge in [-0.1, -0.05) is 20.8 Å². The summed E-state index contributed by atoms with van der Waals surface area (Å²) in [6.45, 7) is 15.3. The highest BCUT2D eigenvalue weighted by atomic mass is 28.4. The maximum atomic E-state index is 12.7. The van der Waals surface area contributed by atoms with E-state index in [1.165, 1.54) is 30.3 Å². The standard InChI is InChI=1S/C22H33NO7Si/c1-21(2,3)29-19(24)14-13-18(30-31(7,8)22(4,5)6)20(25)28-15-16-9-11-17(12-10-16)23(26)27/h9-13H,14-15H2,1-8H3. The second-order valence-electron chi connectivity index (χ2n) is 9.72. The molecule has 0 bridgehead atoms. The summed E-state index contributed by atoms with van der Waals surface area (Å²) < 4.78 is 16.8. The summed E-state index contributed by atoms with van der Waals surface area (Å²) in [7, 11) is -2.37. The Labute approximate surface area is 184 Å². The molecule has 0 aliphatic heterocycles. The van der Waals surface area contributed by atoms with E-state index in [0.29, 0.717) is 5.56 Å². The van der Waals surface area contributed by atoms with E-state index >= 15 is 0 Å². The molecule has 0 radical (unpaired) electrons. The van der Waals surface area contributed by atoms with Gasteiger partial charge in [-0.25, -0.2) is 4.79 Å². The van der Waals surface area contributed by atoms with E-state index in [9.17, 15) is 19.7 Å². The number of nitrogens with zero attached hydrogens (tertiary/aromatic N) is 1. The summed E-state index contributed by atoms with van der Waals surface area (Å²) in [6.07, 6.45) is 1.26. The van der Waals surface area contributed by atoms with Gasteiger partial charge in [0, 0.05) is 12.1 Å². The van der Waals surface area contributed by atoms with Gasteiger partial charge in [-0.05, 0) is 62.7 Å². The average molecular weight is 452 g/mol. The second kappa shape index (κ2) is 10.1. The molecule has 1 aromatic carbocycles. The van der Waals surface area contributed by atoms with Crippen molar-refractivity contribution in [2.75, 3.05) is 0 Å². The fourth-order valence-electron chi connectivity index (χ4n) is 2.09. The summed E-state index contributed by atoms with van der Waals surface area (Å²) in [6, 6.07) is 5.72. The van der Waals surface area contributed by atoms with Gasteiger partial charge in [0.25, 0.3) is 14.0 Å². The van der Waals surface area contributed by atoms with Crippen LogP contribution in [-0.2, 0) is 30.1 Å². The van der Waals surface area contributed by atoms with Crippen LogP contribution in [0.2, 0.25) is 18.1 Å². The summed E-state index contributed by atoms with van der Waals surface area (Å²) in [5.41, 5.74) is -0.0889. The predicted octanol–water partition coefficient (Wildman–Crippen LogP) is 5.28. The molecule has 0 atom stereocenters. The van der Waals surface area contributed by atoms with Crippen molar-refractivity contribution in [1.29, 1.82) is 0 Å². The Morgan fingerprint density at radius 3 is 2.06 bits per heavy atom. The SMILES string of the molecule is CC(C)(C)OC(=O)CC=C(O[Si](C)(C)C(C)(C)C)C(=O)OCc1ccc([N+](=O)[O-])cc1. The van der Waals surface area contributed by atoms with Gasteiger partial charge >= 0.3 is 11.9 Å². The zero-order valence-corrected chi connectivity index (χ0v) is 20.6. The molecular weight excluding hydrogens is 418 g/mol. The first-order valence-electron chi connectivity index (χ1n) is 10.0. The minimum absolute atomic E-state index is 0.0284. The lowest BCUT2D eigenvalue weighted by Crippen LogP contribution is -2.41. The Kier molecular flexibility index (Phi) is 8.57. The number of nitro benzene ring substituents is 1. The molecule has 31 heavy (non-hydrogen) atoms. The molecule has 8 nitrogen and oxygen atoms in total. The van der Waals surface area contributed by atoms with Crippen LogP contribution in [0.5, 0.6) is 0 Å². The van der Waals surface area contributed by atoms with Gasteiger partial charge in [0.2, 0.25) is 0 Å². The lowest BCUT2D eigenvalue weighted by atomic mass is 10.2. The van der Waals surface area contributed by atoms with Crippen molar-refractivity contribution in [3.63, 3.8) is 0 Å². The highest BCUT2D eigenvalue weighted by molar-refractivity contribution is 6.74. The predicted molar refractivity (Wildman–Crippen MR) is 120 cm³/mol. The molecule has 0 aliphatic rings. The van der Waals surface area contributed by atoms with Crippen LogP contribution in [0.3, 0.4) is 0 Å². The molecule has 0 saturated carbocycles. The van der Waals surface area contributed by atoms with Gasteiger partial charge in [-0.3, -0.25) is 14.9 Å². The van der Waals surface area contributed by atoms with Crippen LogP contribution >= 0.6 is 0 Å². The molecule has 0 unspecified atom stereocenters. The summed E-state index contributed by atoms with van der Waals surface area (Å²) in [5, 5.41) is 10.6. The molecule has 1 rings (SSSR count). The van der Waals surface area contributed by atoms with Gasteiger partial charge in [0.05, 0.1) is 11.3 Å². The van der Waals surface area contributed by atoms with Crippen molar-refractivity contribution >= 4 is 25.9 Å². The third-order valence-corrected chi connectivity index (χ3v) is 9.11. The number of ether oxygens (including phenoxy) is 2. The molecule has 0 N–H and O–H groups in total. The molecule has 0 heterocycles. The second-order valence-corrected chi connectivity index (χ2v) is 14.4. The monoisotopic (exact) mass is 451 g/mol. The summed E-state index contributed by atoms with van der Waals surface area (Å²) >= 11 is 0. The lowest BCUT2D eigenvalue weighted by molar-refractivity contribution is -0.384. The van der Waals surface area contributed by atoms with Crippen LogP contribution in [0.15, 0.2) is 36.1 Å². The number of hydrogen-bond donors (Lipinski definition) is 0. The molecule has 0 aliphatic carbocycles. The average Bonchev–Trinajstić information content (AvgIpc) is 2.61. The minimum atomic E-state index is -2.37. The summed E-state index contributed by atoms with van der Waals surface area (Å²) in [5.74, 6) is -1.21. The van der Waals surface area contributed by atoms with Gasteiger partial charge in [-0.15, -0.1) is 0 Å². The fourth-order valence-corrected chi connectivity index (χ4v) is 3.11.